The molecule has 1 atom stereocenters. The smallest absolute Gasteiger partial charge is 0.315 e. The molecular weight excluding hydrogens is 274 g/mol. The van der Waals surface area contributed by atoms with Gasteiger partial charge in [0.05, 0.1) is 6.54 Å². The van der Waals surface area contributed by atoms with Crippen LogP contribution in [-0.4, -0.2) is 42.1 Å². The van der Waals surface area contributed by atoms with E-state index in [1.807, 2.05) is 13.8 Å². The first-order chi connectivity index (χ1) is 9.86. The molecule has 0 heterocycles. The van der Waals surface area contributed by atoms with Gasteiger partial charge in [0, 0.05) is 19.0 Å². The summed E-state index contributed by atoms with van der Waals surface area (Å²) in [7, 11) is 0. The molecule has 0 saturated heterocycles. The van der Waals surface area contributed by atoms with Crippen molar-refractivity contribution in [3.63, 3.8) is 0 Å². The fourth-order valence-corrected chi connectivity index (χ4v) is 2.12. The van der Waals surface area contributed by atoms with E-state index in [9.17, 15) is 14.4 Å². The Morgan fingerprint density at radius 1 is 1.19 bits per heavy atom. The van der Waals surface area contributed by atoms with Crippen LogP contribution in [0.5, 0.6) is 0 Å². The molecule has 0 aromatic rings. The highest BCUT2D eigenvalue weighted by atomic mass is 16.4. The van der Waals surface area contributed by atoms with Gasteiger partial charge in [0.25, 0.3) is 0 Å². The second kappa shape index (κ2) is 8.49. The molecule has 0 radical (unpaired) electrons. The van der Waals surface area contributed by atoms with Crippen LogP contribution in [0.2, 0.25) is 0 Å². The van der Waals surface area contributed by atoms with E-state index < -0.39 is 12.0 Å². The number of rotatable bonds is 9. The van der Waals surface area contributed by atoms with E-state index in [1.165, 1.54) is 0 Å². The van der Waals surface area contributed by atoms with Gasteiger partial charge in [-0.3, -0.25) is 9.59 Å². The first-order valence-corrected chi connectivity index (χ1v) is 7.39. The largest absolute Gasteiger partial charge is 0.481 e. The molecule has 7 nitrogen and oxygen atoms in total. The second-order valence-electron chi connectivity index (χ2n) is 6.00. The molecule has 0 aliphatic heterocycles. The van der Waals surface area contributed by atoms with E-state index in [0.717, 1.165) is 19.3 Å². The zero-order valence-corrected chi connectivity index (χ0v) is 12.6. The fraction of sp³-hybridized carbons (Fsp3) is 0.786. The Hall–Kier alpha value is -1.79. The number of carbonyl (C=O) groups is 3. The Morgan fingerprint density at radius 3 is 2.38 bits per heavy atom. The number of carbonyl (C=O) groups excluding carboxylic acids is 2. The summed E-state index contributed by atoms with van der Waals surface area (Å²) in [6.45, 7) is 4.25. The zero-order chi connectivity index (χ0) is 15.8. The lowest BCUT2D eigenvalue weighted by molar-refractivity contribution is -0.138. The summed E-state index contributed by atoms with van der Waals surface area (Å²) in [6.07, 6.45) is 2.77. The van der Waals surface area contributed by atoms with Gasteiger partial charge < -0.3 is 21.1 Å². The van der Waals surface area contributed by atoms with Gasteiger partial charge in [0.1, 0.15) is 0 Å². The molecule has 7 heteroatoms. The molecule has 1 aliphatic rings. The number of hydrogen-bond acceptors (Lipinski definition) is 3. The summed E-state index contributed by atoms with van der Waals surface area (Å²) < 4.78 is 0. The number of carboxylic acids is 1. The van der Waals surface area contributed by atoms with Crippen molar-refractivity contribution in [3.05, 3.63) is 0 Å². The van der Waals surface area contributed by atoms with Crippen LogP contribution in [0, 0.1) is 11.8 Å². The van der Waals surface area contributed by atoms with Crippen LogP contribution in [0.15, 0.2) is 0 Å². The Labute approximate surface area is 124 Å². The molecule has 0 spiro atoms. The number of amides is 3. The van der Waals surface area contributed by atoms with E-state index in [4.69, 9.17) is 5.11 Å². The molecule has 21 heavy (non-hydrogen) atoms. The van der Waals surface area contributed by atoms with Crippen molar-refractivity contribution in [2.24, 2.45) is 11.8 Å². The maximum atomic E-state index is 11.6. The van der Waals surface area contributed by atoms with Crippen LogP contribution in [0.3, 0.4) is 0 Å². The van der Waals surface area contributed by atoms with Gasteiger partial charge in [0.15, 0.2) is 0 Å². The van der Waals surface area contributed by atoms with Crippen molar-refractivity contribution in [3.8, 4) is 0 Å². The van der Waals surface area contributed by atoms with Gasteiger partial charge >= 0.3 is 12.0 Å². The summed E-state index contributed by atoms with van der Waals surface area (Å²) in [6, 6.07) is -0.173. The summed E-state index contributed by atoms with van der Waals surface area (Å²) in [5.41, 5.74) is 0. The van der Waals surface area contributed by atoms with Crippen LogP contribution >= 0.6 is 0 Å². The SMILES string of the molecule is CC(C)CC(CNC(=O)NCC(=O)NC1CC1)CC(=O)O. The van der Waals surface area contributed by atoms with E-state index in [2.05, 4.69) is 16.0 Å². The molecular formula is C14H25N3O4. The minimum Gasteiger partial charge on any atom is -0.481 e. The third-order valence-corrected chi connectivity index (χ3v) is 3.17. The lowest BCUT2D eigenvalue weighted by Gasteiger charge is -2.18. The van der Waals surface area contributed by atoms with Crippen LogP contribution in [0.4, 0.5) is 4.79 Å². The fourth-order valence-electron chi connectivity index (χ4n) is 2.12. The molecule has 4 N–H and O–H groups in total. The average Bonchev–Trinajstić information content (AvgIpc) is 3.16. The standard InChI is InChI=1S/C14H25N3O4/c1-9(2)5-10(6-13(19)20)7-15-14(21)16-8-12(18)17-11-3-4-11/h9-11H,3-8H2,1-2H3,(H,17,18)(H,19,20)(H2,15,16,21). The van der Waals surface area contributed by atoms with E-state index in [1.54, 1.807) is 0 Å². The molecule has 0 bridgehead atoms. The monoisotopic (exact) mass is 299 g/mol. The van der Waals surface area contributed by atoms with Crippen molar-refractivity contribution in [1.29, 1.82) is 0 Å². The predicted molar refractivity (Wildman–Crippen MR) is 77.8 cm³/mol. The molecule has 0 aromatic heterocycles. The Bertz CT molecular complexity index is 380. The van der Waals surface area contributed by atoms with Crippen LogP contribution in [0.25, 0.3) is 0 Å². The lowest BCUT2D eigenvalue weighted by atomic mass is 9.94. The highest BCUT2D eigenvalue weighted by Gasteiger charge is 2.23. The van der Waals surface area contributed by atoms with Gasteiger partial charge in [-0.25, -0.2) is 4.79 Å². The van der Waals surface area contributed by atoms with Crippen LogP contribution in [-0.2, 0) is 9.59 Å². The number of hydrogen-bond donors (Lipinski definition) is 4. The average molecular weight is 299 g/mol. The Balaban J connectivity index is 2.21. The van der Waals surface area contributed by atoms with Gasteiger partial charge in [-0.2, -0.15) is 0 Å². The maximum Gasteiger partial charge on any atom is 0.315 e. The first kappa shape index (κ1) is 17.3. The molecule has 1 aliphatic carbocycles. The molecule has 120 valence electrons. The summed E-state index contributed by atoms with van der Waals surface area (Å²) in [4.78, 5) is 33.7. The van der Waals surface area contributed by atoms with Gasteiger partial charge in [-0.1, -0.05) is 13.8 Å². The normalized spacial score (nSPS) is 15.4. The van der Waals surface area contributed by atoms with Crippen LogP contribution < -0.4 is 16.0 Å². The Morgan fingerprint density at radius 2 is 1.86 bits per heavy atom. The summed E-state index contributed by atoms with van der Waals surface area (Å²) >= 11 is 0. The van der Waals surface area contributed by atoms with Crippen molar-refractivity contribution >= 4 is 17.9 Å². The third-order valence-electron chi connectivity index (χ3n) is 3.17. The predicted octanol–water partition coefficient (Wildman–Crippen LogP) is 0.701. The van der Waals surface area contributed by atoms with E-state index >= 15 is 0 Å². The first-order valence-electron chi connectivity index (χ1n) is 7.39. The minimum atomic E-state index is -0.869. The van der Waals surface area contributed by atoms with Gasteiger partial charge in [-0.15, -0.1) is 0 Å². The molecule has 1 saturated carbocycles. The van der Waals surface area contributed by atoms with Crippen molar-refractivity contribution < 1.29 is 19.5 Å². The maximum absolute atomic E-state index is 11.6. The van der Waals surface area contributed by atoms with Gasteiger partial charge in [-0.05, 0) is 31.1 Å². The minimum absolute atomic E-state index is 0.0284. The third kappa shape index (κ3) is 8.88. The second-order valence-corrected chi connectivity index (χ2v) is 6.00. The van der Waals surface area contributed by atoms with Gasteiger partial charge in [0.2, 0.25) is 5.91 Å². The van der Waals surface area contributed by atoms with Crippen molar-refractivity contribution in [1.82, 2.24) is 16.0 Å². The number of urea groups is 1. The zero-order valence-electron chi connectivity index (χ0n) is 12.6. The topological polar surface area (TPSA) is 108 Å². The molecule has 1 fully saturated rings. The molecule has 3 amide bonds. The van der Waals surface area contributed by atoms with Crippen molar-refractivity contribution in [2.45, 2.75) is 45.6 Å². The number of carboxylic acid groups (broad SMARTS) is 1. The highest BCUT2D eigenvalue weighted by molar-refractivity contribution is 5.84. The molecule has 1 rings (SSSR count). The molecule has 0 aromatic carbocycles. The Kier molecular flexibility index (Phi) is 6.98. The number of aliphatic carboxylic acids is 1. The quantitative estimate of drug-likeness (QED) is 0.502. The summed E-state index contributed by atoms with van der Waals surface area (Å²) in [5.74, 6) is -0.805. The van der Waals surface area contributed by atoms with Crippen molar-refractivity contribution in [2.75, 3.05) is 13.1 Å². The van der Waals surface area contributed by atoms with E-state index in [-0.39, 0.29) is 30.8 Å². The van der Waals surface area contributed by atoms with E-state index in [0.29, 0.717) is 12.5 Å². The highest BCUT2D eigenvalue weighted by Crippen LogP contribution is 2.18. The number of nitrogens with one attached hydrogen (secondary N) is 3. The van der Waals surface area contributed by atoms with Crippen LogP contribution in [0.1, 0.15) is 39.5 Å². The summed E-state index contributed by atoms with van der Waals surface area (Å²) in [5, 5.41) is 16.7. The lowest BCUT2D eigenvalue weighted by Crippen LogP contribution is -2.44. The molecule has 1 unspecified atom stereocenters.